The average molecular weight is 266 g/mol. The molecule has 0 spiro atoms. The van der Waals surface area contributed by atoms with E-state index in [4.69, 9.17) is 5.73 Å². The van der Waals surface area contributed by atoms with E-state index in [2.05, 4.69) is 5.32 Å². The molecular weight excluding hydrogens is 244 g/mol. The lowest BCUT2D eigenvalue weighted by Crippen LogP contribution is -2.54. The highest BCUT2D eigenvalue weighted by Crippen LogP contribution is 2.15. The van der Waals surface area contributed by atoms with E-state index >= 15 is 0 Å². The fourth-order valence-electron chi connectivity index (χ4n) is 1.81. The van der Waals surface area contributed by atoms with Gasteiger partial charge < -0.3 is 21.3 Å². The number of aliphatic hydroxyl groups excluding tert-OH is 2. The van der Waals surface area contributed by atoms with Crippen LogP contribution in [0.25, 0.3) is 0 Å². The number of amides is 1. The first-order chi connectivity index (χ1) is 9.06. The van der Waals surface area contributed by atoms with Gasteiger partial charge in [-0.2, -0.15) is 0 Å². The number of nitrogens with one attached hydrogen (secondary N) is 1. The number of hydrogen-bond donors (Lipinski definition) is 4. The third-order valence-corrected chi connectivity index (χ3v) is 3.32. The van der Waals surface area contributed by atoms with Gasteiger partial charge in [0.2, 0.25) is 5.91 Å². The summed E-state index contributed by atoms with van der Waals surface area (Å²) in [5, 5.41) is 21.2. The third kappa shape index (κ3) is 4.31. The zero-order chi connectivity index (χ0) is 14.3. The normalized spacial score (nSPS) is 13.1. The Morgan fingerprint density at radius 3 is 2.37 bits per heavy atom. The van der Waals surface area contributed by atoms with Crippen molar-refractivity contribution in [3.05, 3.63) is 35.9 Å². The van der Waals surface area contributed by atoms with Crippen molar-refractivity contribution in [2.24, 2.45) is 5.73 Å². The van der Waals surface area contributed by atoms with Crippen LogP contribution >= 0.6 is 0 Å². The lowest BCUT2D eigenvalue weighted by molar-refractivity contribution is -0.124. The van der Waals surface area contributed by atoms with Crippen molar-refractivity contribution in [3.63, 3.8) is 0 Å². The minimum absolute atomic E-state index is 0.117. The molecule has 1 atom stereocenters. The van der Waals surface area contributed by atoms with E-state index in [1.807, 2.05) is 30.3 Å². The van der Waals surface area contributed by atoms with E-state index in [0.717, 1.165) is 5.56 Å². The topological polar surface area (TPSA) is 95.6 Å². The maximum absolute atomic E-state index is 11.9. The molecule has 5 N–H and O–H groups in total. The smallest absolute Gasteiger partial charge is 0.222 e. The SMILES string of the molecule is CCC(CO)(CO)NC(=O)CC(N)c1ccccc1. The maximum Gasteiger partial charge on any atom is 0.222 e. The van der Waals surface area contributed by atoms with E-state index < -0.39 is 11.6 Å². The molecular formula is C14H22N2O3. The van der Waals surface area contributed by atoms with Crippen molar-refractivity contribution in [1.29, 1.82) is 0 Å². The van der Waals surface area contributed by atoms with Gasteiger partial charge in [0, 0.05) is 12.5 Å². The summed E-state index contributed by atoms with van der Waals surface area (Å²) in [6, 6.07) is 8.95. The number of rotatable bonds is 7. The Hall–Kier alpha value is -1.43. The van der Waals surface area contributed by atoms with Gasteiger partial charge in [-0.25, -0.2) is 0 Å². The molecule has 5 nitrogen and oxygen atoms in total. The summed E-state index contributed by atoms with van der Waals surface area (Å²) in [6.45, 7) is 1.20. The second-order valence-corrected chi connectivity index (χ2v) is 4.72. The lowest BCUT2D eigenvalue weighted by Gasteiger charge is -2.30. The van der Waals surface area contributed by atoms with Crippen molar-refractivity contribution in [1.82, 2.24) is 5.32 Å². The number of nitrogens with two attached hydrogens (primary N) is 1. The molecule has 19 heavy (non-hydrogen) atoms. The van der Waals surface area contributed by atoms with E-state index in [-0.39, 0.29) is 25.5 Å². The van der Waals surface area contributed by atoms with Crippen molar-refractivity contribution >= 4 is 5.91 Å². The minimum atomic E-state index is -0.965. The number of carbonyl (C=O) groups excluding carboxylic acids is 1. The van der Waals surface area contributed by atoms with Crippen molar-refractivity contribution in [2.75, 3.05) is 13.2 Å². The molecule has 0 heterocycles. The predicted molar refractivity (Wildman–Crippen MR) is 73.3 cm³/mol. The van der Waals surface area contributed by atoms with E-state index in [1.165, 1.54) is 0 Å². The molecule has 0 fully saturated rings. The minimum Gasteiger partial charge on any atom is -0.394 e. The average Bonchev–Trinajstić information content (AvgIpc) is 2.46. The van der Waals surface area contributed by atoms with Crippen LogP contribution in [-0.4, -0.2) is 34.9 Å². The number of hydrogen-bond acceptors (Lipinski definition) is 4. The van der Waals surface area contributed by atoms with Crippen LogP contribution in [0.4, 0.5) is 0 Å². The largest absolute Gasteiger partial charge is 0.394 e. The van der Waals surface area contributed by atoms with Gasteiger partial charge in [-0.05, 0) is 12.0 Å². The summed E-state index contributed by atoms with van der Waals surface area (Å²) < 4.78 is 0. The van der Waals surface area contributed by atoms with Gasteiger partial charge >= 0.3 is 0 Å². The molecule has 1 unspecified atom stereocenters. The molecule has 0 aliphatic rings. The fourth-order valence-corrected chi connectivity index (χ4v) is 1.81. The van der Waals surface area contributed by atoms with Crippen LogP contribution in [0.3, 0.4) is 0 Å². The highest BCUT2D eigenvalue weighted by Gasteiger charge is 2.28. The Morgan fingerprint density at radius 2 is 1.89 bits per heavy atom. The van der Waals surface area contributed by atoms with Crippen molar-refractivity contribution < 1.29 is 15.0 Å². The number of aliphatic hydroxyl groups is 2. The van der Waals surface area contributed by atoms with Crippen LogP contribution < -0.4 is 11.1 Å². The summed E-state index contributed by atoms with van der Waals surface area (Å²) in [4.78, 5) is 11.9. The molecule has 1 amide bonds. The van der Waals surface area contributed by atoms with E-state index in [9.17, 15) is 15.0 Å². The van der Waals surface area contributed by atoms with E-state index in [0.29, 0.717) is 6.42 Å². The van der Waals surface area contributed by atoms with Crippen LogP contribution in [0.1, 0.15) is 31.4 Å². The van der Waals surface area contributed by atoms with E-state index in [1.54, 1.807) is 6.92 Å². The number of benzene rings is 1. The quantitative estimate of drug-likeness (QED) is 0.572. The molecule has 0 saturated heterocycles. The summed E-state index contributed by atoms with van der Waals surface area (Å²) in [6.07, 6.45) is 0.568. The lowest BCUT2D eigenvalue weighted by atomic mass is 9.97. The summed E-state index contributed by atoms with van der Waals surface area (Å²) in [5.74, 6) is -0.277. The molecule has 0 aliphatic carbocycles. The second-order valence-electron chi connectivity index (χ2n) is 4.72. The molecule has 0 aliphatic heterocycles. The van der Waals surface area contributed by atoms with Crippen LogP contribution in [0.15, 0.2) is 30.3 Å². The summed E-state index contributed by atoms with van der Waals surface area (Å²) in [7, 11) is 0. The van der Waals surface area contributed by atoms with Gasteiger partial charge in [-0.1, -0.05) is 37.3 Å². The highest BCUT2D eigenvalue weighted by molar-refractivity contribution is 5.77. The first-order valence-corrected chi connectivity index (χ1v) is 6.40. The van der Waals surface area contributed by atoms with Gasteiger partial charge in [-0.3, -0.25) is 4.79 Å². The molecule has 0 aromatic heterocycles. The number of carbonyl (C=O) groups is 1. The van der Waals surface area contributed by atoms with Crippen molar-refractivity contribution in [3.8, 4) is 0 Å². The standard InChI is InChI=1S/C14H22N2O3/c1-2-14(9-17,10-18)16-13(19)8-12(15)11-6-4-3-5-7-11/h3-7,12,17-18H,2,8-10,15H2,1H3,(H,16,19). The Kier molecular flexibility index (Phi) is 5.95. The molecule has 1 rings (SSSR count). The molecule has 0 radical (unpaired) electrons. The van der Waals surface area contributed by atoms with Crippen LogP contribution in [0.5, 0.6) is 0 Å². The molecule has 5 heteroatoms. The van der Waals surface area contributed by atoms with Crippen molar-refractivity contribution in [2.45, 2.75) is 31.3 Å². The highest BCUT2D eigenvalue weighted by atomic mass is 16.3. The Balaban J connectivity index is 2.60. The Morgan fingerprint density at radius 1 is 1.32 bits per heavy atom. The molecule has 1 aromatic carbocycles. The zero-order valence-electron chi connectivity index (χ0n) is 11.2. The van der Waals surface area contributed by atoms with Crippen LogP contribution in [-0.2, 0) is 4.79 Å². The van der Waals surface area contributed by atoms with Gasteiger partial charge in [-0.15, -0.1) is 0 Å². The summed E-state index contributed by atoms with van der Waals surface area (Å²) in [5.41, 5.74) is 5.87. The summed E-state index contributed by atoms with van der Waals surface area (Å²) >= 11 is 0. The monoisotopic (exact) mass is 266 g/mol. The molecule has 0 bridgehead atoms. The van der Waals surface area contributed by atoms with Gasteiger partial charge in [0.15, 0.2) is 0 Å². The maximum atomic E-state index is 11.9. The Bertz CT molecular complexity index is 383. The third-order valence-electron chi connectivity index (χ3n) is 3.32. The molecule has 106 valence electrons. The van der Waals surface area contributed by atoms with Gasteiger partial charge in [0.05, 0.1) is 18.8 Å². The molecule has 0 saturated carbocycles. The van der Waals surface area contributed by atoms with Gasteiger partial charge in [0.1, 0.15) is 0 Å². The Labute approximate surface area is 113 Å². The fraction of sp³-hybridized carbons (Fsp3) is 0.500. The molecule has 1 aromatic rings. The van der Waals surface area contributed by atoms with Gasteiger partial charge in [0.25, 0.3) is 0 Å². The zero-order valence-corrected chi connectivity index (χ0v) is 11.2. The second kappa shape index (κ2) is 7.23. The van der Waals surface area contributed by atoms with Crippen LogP contribution in [0, 0.1) is 0 Å². The first kappa shape index (κ1) is 15.6. The first-order valence-electron chi connectivity index (χ1n) is 6.40. The predicted octanol–water partition coefficient (Wildman–Crippen LogP) is 0.326. The van der Waals surface area contributed by atoms with Crippen LogP contribution in [0.2, 0.25) is 0 Å².